The molecule has 1 amide bonds. The Labute approximate surface area is 86.5 Å². The third-order valence-electron chi connectivity index (χ3n) is 1.67. The van der Waals surface area contributed by atoms with Crippen LogP contribution in [0.15, 0.2) is 11.0 Å². The molecule has 1 rings (SSSR count). The van der Waals surface area contributed by atoms with Crippen LogP contribution in [0.1, 0.15) is 10.5 Å². The third kappa shape index (κ3) is 3.12. The van der Waals surface area contributed by atoms with Crippen LogP contribution < -0.4 is 11.0 Å². The van der Waals surface area contributed by atoms with Crippen molar-refractivity contribution in [3.63, 3.8) is 0 Å². The Kier molecular flexibility index (Phi) is 3.38. The second-order valence-electron chi connectivity index (χ2n) is 2.92. The number of amides is 1. The van der Waals surface area contributed by atoms with Crippen LogP contribution in [0.25, 0.3) is 0 Å². The average molecular weight is 239 g/mol. The van der Waals surface area contributed by atoms with Crippen molar-refractivity contribution in [2.24, 2.45) is 0 Å². The van der Waals surface area contributed by atoms with Gasteiger partial charge in [0.25, 0.3) is 5.91 Å². The summed E-state index contributed by atoms with van der Waals surface area (Å²) in [5.74, 6) is -0.915. The first-order chi connectivity index (χ1) is 7.30. The summed E-state index contributed by atoms with van der Waals surface area (Å²) in [4.78, 5) is 25.8. The van der Waals surface area contributed by atoms with E-state index in [1.165, 1.54) is 0 Å². The van der Waals surface area contributed by atoms with Gasteiger partial charge in [0.2, 0.25) is 0 Å². The topological polar surface area (TPSA) is 98.0 Å². The van der Waals surface area contributed by atoms with E-state index in [-0.39, 0.29) is 5.69 Å². The molecule has 0 aliphatic heterocycles. The van der Waals surface area contributed by atoms with Gasteiger partial charge in [-0.2, -0.15) is 13.2 Å². The van der Waals surface area contributed by atoms with Crippen LogP contribution in [0.4, 0.5) is 13.2 Å². The van der Waals surface area contributed by atoms with Crippen molar-refractivity contribution in [3.8, 4) is 0 Å². The van der Waals surface area contributed by atoms with Gasteiger partial charge in [0, 0.05) is 6.20 Å². The van der Waals surface area contributed by atoms with E-state index >= 15 is 0 Å². The van der Waals surface area contributed by atoms with Crippen molar-refractivity contribution < 1.29 is 23.1 Å². The van der Waals surface area contributed by atoms with E-state index in [1.54, 1.807) is 0 Å². The van der Waals surface area contributed by atoms with E-state index in [0.717, 1.165) is 6.20 Å². The van der Waals surface area contributed by atoms with Gasteiger partial charge in [-0.15, -0.1) is 0 Å². The van der Waals surface area contributed by atoms with Gasteiger partial charge < -0.3 is 20.4 Å². The minimum Gasteiger partial charge on any atom is -0.382 e. The van der Waals surface area contributed by atoms with Gasteiger partial charge in [-0.3, -0.25) is 4.79 Å². The lowest BCUT2D eigenvalue weighted by atomic mass is 10.3. The molecule has 1 atom stereocenters. The molecular weight excluding hydrogens is 231 g/mol. The number of aliphatic hydroxyl groups excluding tert-OH is 1. The molecule has 1 aromatic heterocycles. The third-order valence-corrected chi connectivity index (χ3v) is 1.67. The fourth-order valence-corrected chi connectivity index (χ4v) is 0.855. The molecule has 0 aromatic carbocycles. The molecule has 0 spiro atoms. The summed E-state index contributed by atoms with van der Waals surface area (Å²) in [6.45, 7) is -0.977. The summed E-state index contributed by atoms with van der Waals surface area (Å²) in [5, 5.41) is 10.4. The van der Waals surface area contributed by atoms with Crippen molar-refractivity contribution in [2.75, 3.05) is 6.54 Å². The maximum absolute atomic E-state index is 11.8. The summed E-state index contributed by atoms with van der Waals surface area (Å²) in [5.41, 5.74) is -0.860. The second kappa shape index (κ2) is 4.39. The summed E-state index contributed by atoms with van der Waals surface area (Å²) in [6.07, 6.45) is -6.42. The molecule has 1 unspecified atom stereocenters. The number of hydrogen-bond donors (Lipinski definition) is 4. The van der Waals surface area contributed by atoms with Gasteiger partial charge in [-0.05, 0) is 0 Å². The Hall–Kier alpha value is -1.77. The number of alkyl halides is 3. The van der Waals surface area contributed by atoms with Crippen molar-refractivity contribution in [1.29, 1.82) is 0 Å². The van der Waals surface area contributed by atoms with Crippen LogP contribution in [-0.2, 0) is 0 Å². The number of carbonyl (C=O) groups excluding carboxylic acids is 1. The van der Waals surface area contributed by atoms with Crippen LogP contribution in [0.3, 0.4) is 0 Å². The molecule has 1 heterocycles. The van der Waals surface area contributed by atoms with Crippen molar-refractivity contribution in [3.05, 3.63) is 22.4 Å². The van der Waals surface area contributed by atoms with Crippen LogP contribution in [0.5, 0.6) is 0 Å². The molecule has 0 fully saturated rings. The second-order valence-corrected chi connectivity index (χ2v) is 2.92. The largest absolute Gasteiger partial charge is 0.416 e. The highest BCUT2D eigenvalue weighted by Gasteiger charge is 2.38. The lowest BCUT2D eigenvalue weighted by molar-refractivity contribution is -0.201. The molecule has 0 bridgehead atoms. The highest BCUT2D eigenvalue weighted by Crippen LogP contribution is 2.19. The first kappa shape index (κ1) is 12.3. The lowest BCUT2D eigenvalue weighted by Crippen LogP contribution is -2.40. The molecule has 4 N–H and O–H groups in total. The van der Waals surface area contributed by atoms with Crippen molar-refractivity contribution in [1.82, 2.24) is 15.3 Å². The van der Waals surface area contributed by atoms with Crippen molar-refractivity contribution in [2.45, 2.75) is 12.3 Å². The van der Waals surface area contributed by atoms with Gasteiger partial charge in [0.1, 0.15) is 5.69 Å². The van der Waals surface area contributed by atoms with E-state index in [2.05, 4.69) is 9.97 Å². The lowest BCUT2D eigenvalue weighted by Gasteiger charge is -2.14. The molecule has 16 heavy (non-hydrogen) atoms. The maximum atomic E-state index is 11.8. The fourth-order valence-electron chi connectivity index (χ4n) is 0.855. The zero-order chi connectivity index (χ0) is 12.3. The predicted octanol–water partition coefficient (Wildman–Crippen LogP) is -0.644. The van der Waals surface area contributed by atoms with Crippen LogP contribution >= 0.6 is 0 Å². The molecule has 0 saturated heterocycles. The van der Waals surface area contributed by atoms with Crippen LogP contribution in [-0.4, -0.2) is 39.8 Å². The molecule has 0 saturated carbocycles. The number of aliphatic hydroxyl groups is 1. The molecule has 0 radical (unpaired) electrons. The zero-order valence-electron chi connectivity index (χ0n) is 7.76. The number of aromatic nitrogens is 2. The minimum atomic E-state index is -4.79. The summed E-state index contributed by atoms with van der Waals surface area (Å²) in [6, 6.07) is 0. The first-order valence-electron chi connectivity index (χ1n) is 4.11. The van der Waals surface area contributed by atoms with E-state index in [9.17, 15) is 22.8 Å². The number of nitrogens with one attached hydrogen (secondary N) is 3. The number of H-pyrrole nitrogens is 2. The Balaban J connectivity index is 2.51. The van der Waals surface area contributed by atoms with E-state index in [1.807, 2.05) is 5.32 Å². The predicted molar refractivity (Wildman–Crippen MR) is 45.8 cm³/mol. The van der Waals surface area contributed by atoms with Gasteiger partial charge in [0.15, 0.2) is 6.10 Å². The zero-order valence-corrected chi connectivity index (χ0v) is 7.76. The van der Waals surface area contributed by atoms with Gasteiger partial charge in [-0.1, -0.05) is 0 Å². The number of imidazole rings is 1. The smallest absolute Gasteiger partial charge is 0.382 e. The number of halogens is 3. The number of aromatic amines is 2. The summed E-state index contributed by atoms with van der Waals surface area (Å²) < 4.78 is 35.5. The van der Waals surface area contributed by atoms with Gasteiger partial charge in [-0.25, -0.2) is 4.79 Å². The van der Waals surface area contributed by atoms with Crippen LogP contribution in [0, 0.1) is 0 Å². The number of carbonyl (C=O) groups is 1. The van der Waals surface area contributed by atoms with Crippen molar-refractivity contribution >= 4 is 5.91 Å². The van der Waals surface area contributed by atoms with Crippen LogP contribution in [0.2, 0.25) is 0 Å². The van der Waals surface area contributed by atoms with Gasteiger partial charge in [0.05, 0.1) is 6.54 Å². The monoisotopic (exact) mass is 239 g/mol. The molecule has 9 heteroatoms. The number of hydrogen-bond acceptors (Lipinski definition) is 3. The molecular formula is C7H8F3N3O3. The Morgan fingerprint density at radius 3 is 2.62 bits per heavy atom. The van der Waals surface area contributed by atoms with E-state index < -0.39 is 30.4 Å². The standard InChI is InChI=1S/C7H8F3N3O3/c8-7(9,10)4(14)2-11-5(15)3-1-12-6(16)13-3/h1,4,14H,2H2,(H,11,15)(H2,12,13,16). The average Bonchev–Trinajstić information content (AvgIpc) is 2.59. The number of rotatable bonds is 3. The highest BCUT2D eigenvalue weighted by molar-refractivity contribution is 5.91. The Bertz CT molecular complexity index is 422. The Morgan fingerprint density at radius 2 is 2.19 bits per heavy atom. The summed E-state index contributed by atoms with van der Waals surface area (Å²) in [7, 11) is 0. The van der Waals surface area contributed by atoms with Gasteiger partial charge >= 0.3 is 11.9 Å². The Morgan fingerprint density at radius 1 is 1.56 bits per heavy atom. The molecule has 0 aliphatic carbocycles. The van der Waals surface area contributed by atoms with E-state index in [4.69, 9.17) is 5.11 Å². The normalized spacial score (nSPS) is 13.5. The molecule has 6 nitrogen and oxygen atoms in total. The molecule has 0 aliphatic rings. The highest BCUT2D eigenvalue weighted by atomic mass is 19.4. The SMILES string of the molecule is O=C(NCC(O)C(F)(F)F)c1c[nH]c(=O)[nH]1. The molecule has 1 aromatic rings. The quantitative estimate of drug-likeness (QED) is 0.564. The maximum Gasteiger partial charge on any atom is 0.416 e. The minimum absolute atomic E-state index is 0.209. The first-order valence-corrected chi connectivity index (χ1v) is 4.11. The molecule has 90 valence electrons. The van der Waals surface area contributed by atoms with E-state index in [0.29, 0.717) is 0 Å². The summed E-state index contributed by atoms with van der Waals surface area (Å²) >= 11 is 0. The fraction of sp³-hybridized carbons (Fsp3) is 0.429.